The van der Waals surface area contributed by atoms with E-state index in [0.717, 1.165) is 15.8 Å². The summed E-state index contributed by atoms with van der Waals surface area (Å²) in [6.45, 7) is 2.56. The molecule has 0 aliphatic carbocycles. The molecule has 1 saturated heterocycles. The molecule has 1 fully saturated rings. The van der Waals surface area contributed by atoms with Crippen LogP contribution in [0.2, 0.25) is 0 Å². The van der Waals surface area contributed by atoms with Gasteiger partial charge in [-0.05, 0) is 30.2 Å². The van der Waals surface area contributed by atoms with Crippen molar-refractivity contribution in [2.24, 2.45) is 0 Å². The van der Waals surface area contributed by atoms with Crippen LogP contribution < -0.4 is 4.90 Å². The summed E-state index contributed by atoms with van der Waals surface area (Å²) in [4.78, 5) is 40.0. The zero-order valence-electron chi connectivity index (χ0n) is 17.4. The van der Waals surface area contributed by atoms with Crippen LogP contribution in [0.15, 0.2) is 67.0 Å². The van der Waals surface area contributed by atoms with Crippen molar-refractivity contribution < 1.29 is 24.2 Å². The minimum Gasteiger partial charge on any atom is -0.464 e. The Labute approximate surface area is 184 Å². The first kappa shape index (κ1) is 21.1. The zero-order valence-corrected chi connectivity index (χ0v) is 17.4. The zero-order chi connectivity index (χ0) is 22.7. The number of urea groups is 1. The van der Waals surface area contributed by atoms with E-state index >= 15 is 0 Å². The number of carbonyl (C=O) groups excluding carboxylic acids is 2. The molecule has 9 heteroatoms. The summed E-state index contributed by atoms with van der Waals surface area (Å²) in [5.41, 5.74) is 2.88. The molecular formula is C23H22N4O5. The minimum atomic E-state index is -1.17. The van der Waals surface area contributed by atoms with Crippen molar-refractivity contribution in [3.8, 4) is 11.1 Å². The van der Waals surface area contributed by atoms with Gasteiger partial charge in [-0.1, -0.05) is 42.5 Å². The van der Waals surface area contributed by atoms with Gasteiger partial charge in [-0.15, -0.1) is 0 Å². The fourth-order valence-corrected chi connectivity index (χ4v) is 3.69. The van der Waals surface area contributed by atoms with E-state index in [1.807, 2.05) is 30.3 Å². The Kier molecular flexibility index (Phi) is 5.89. The molecule has 1 atom stereocenters. The van der Waals surface area contributed by atoms with E-state index in [2.05, 4.69) is 5.10 Å². The largest absolute Gasteiger partial charge is 0.464 e. The second-order valence-corrected chi connectivity index (χ2v) is 7.29. The Hall–Kier alpha value is -4.14. The molecule has 3 aromatic rings. The lowest BCUT2D eigenvalue weighted by molar-refractivity contribution is -0.144. The summed E-state index contributed by atoms with van der Waals surface area (Å²) < 4.78 is 6.04. The summed E-state index contributed by atoms with van der Waals surface area (Å²) in [5.74, 6) is -0.455. The van der Waals surface area contributed by atoms with Crippen LogP contribution in [0.3, 0.4) is 0 Å². The van der Waals surface area contributed by atoms with E-state index in [0.29, 0.717) is 17.8 Å². The first-order valence-corrected chi connectivity index (χ1v) is 10.1. The molecule has 0 radical (unpaired) electrons. The van der Waals surface area contributed by atoms with Crippen molar-refractivity contribution in [1.82, 2.24) is 14.7 Å². The third-order valence-corrected chi connectivity index (χ3v) is 5.21. The maximum absolute atomic E-state index is 13.2. The molecule has 2 aromatic carbocycles. The summed E-state index contributed by atoms with van der Waals surface area (Å²) in [6, 6.07) is 15.5. The summed E-state index contributed by atoms with van der Waals surface area (Å²) in [5, 5.41) is 12.8. The number of carboxylic acid groups (broad SMARTS) is 1. The van der Waals surface area contributed by atoms with Crippen molar-refractivity contribution >= 4 is 23.8 Å². The van der Waals surface area contributed by atoms with Crippen LogP contribution in [-0.4, -0.2) is 57.1 Å². The van der Waals surface area contributed by atoms with Crippen molar-refractivity contribution in [3.05, 3.63) is 72.6 Å². The molecule has 32 heavy (non-hydrogen) atoms. The van der Waals surface area contributed by atoms with Gasteiger partial charge in [0.05, 0.1) is 19.3 Å². The second kappa shape index (κ2) is 8.93. The fraction of sp³-hybridized carbons (Fsp3) is 0.217. The molecule has 0 bridgehead atoms. The smallest absolute Gasteiger partial charge is 0.432 e. The number of hydrogen-bond acceptors (Lipinski definition) is 5. The Morgan fingerprint density at radius 1 is 1.09 bits per heavy atom. The normalized spacial score (nSPS) is 15.8. The van der Waals surface area contributed by atoms with Gasteiger partial charge in [0.25, 0.3) is 0 Å². The number of aromatic nitrogens is 2. The van der Waals surface area contributed by atoms with Gasteiger partial charge in [0.1, 0.15) is 0 Å². The summed E-state index contributed by atoms with van der Waals surface area (Å²) in [6.07, 6.45) is 1.68. The van der Waals surface area contributed by atoms with Gasteiger partial charge >= 0.3 is 18.1 Å². The monoisotopic (exact) mass is 434 g/mol. The molecule has 1 aliphatic rings. The number of amides is 2. The second-order valence-electron chi connectivity index (χ2n) is 7.29. The number of nitrogens with zero attached hydrogens (tertiary/aromatic N) is 4. The summed E-state index contributed by atoms with van der Waals surface area (Å²) in [7, 11) is 0. The topological polar surface area (TPSA) is 105 Å². The maximum atomic E-state index is 13.2. The molecule has 1 N–H and O–H groups in total. The highest BCUT2D eigenvalue weighted by atomic mass is 16.5. The van der Waals surface area contributed by atoms with Crippen molar-refractivity contribution in [2.75, 3.05) is 18.1 Å². The van der Waals surface area contributed by atoms with Gasteiger partial charge in [0.2, 0.25) is 0 Å². The molecule has 1 aliphatic heterocycles. The van der Waals surface area contributed by atoms with Crippen LogP contribution in [0, 0.1) is 0 Å². The molecule has 4 rings (SSSR count). The van der Waals surface area contributed by atoms with E-state index in [1.165, 1.54) is 17.3 Å². The molecular weight excluding hydrogens is 412 g/mol. The molecule has 0 spiro atoms. The van der Waals surface area contributed by atoms with Gasteiger partial charge in [-0.2, -0.15) is 9.78 Å². The maximum Gasteiger partial charge on any atom is 0.432 e. The fourth-order valence-electron chi connectivity index (χ4n) is 3.69. The van der Waals surface area contributed by atoms with Gasteiger partial charge in [-0.25, -0.2) is 14.4 Å². The van der Waals surface area contributed by atoms with Crippen LogP contribution in [0.1, 0.15) is 12.5 Å². The van der Waals surface area contributed by atoms with Crippen molar-refractivity contribution in [1.29, 1.82) is 0 Å². The first-order valence-electron chi connectivity index (χ1n) is 10.1. The highest BCUT2D eigenvalue weighted by Gasteiger charge is 2.43. The Balaban J connectivity index is 1.60. The molecule has 9 nitrogen and oxygen atoms in total. The van der Waals surface area contributed by atoms with Crippen molar-refractivity contribution in [3.63, 3.8) is 0 Å². The van der Waals surface area contributed by atoms with Crippen molar-refractivity contribution in [2.45, 2.75) is 19.5 Å². The lowest BCUT2D eigenvalue weighted by atomic mass is 10.1. The van der Waals surface area contributed by atoms with Crippen LogP contribution in [-0.2, 0) is 16.1 Å². The average molecular weight is 434 g/mol. The average Bonchev–Trinajstić information content (AvgIpc) is 3.41. The van der Waals surface area contributed by atoms with Crippen LogP contribution in [0.25, 0.3) is 11.1 Å². The lowest BCUT2D eigenvalue weighted by Crippen LogP contribution is -2.40. The third kappa shape index (κ3) is 4.18. The third-order valence-electron chi connectivity index (χ3n) is 5.21. The molecule has 1 unspecified atom stereocenters. The van der Waals surface area contributed by atoms with E-state index in [-0.39, 0.29) is 19.2 Å². The van der Waals surface area contributed by atoms with Gasteiger partial charge in [-0.3, -0.25) is 4.90 Å². The minimum absolute atomic E-state index is 0.222. The predicted molar refractivity (Wildman–Crippen MR) is 116 cm³/mol. The Bertz CT molecular complexity index is 1130. The number of benzene rings is 2. The van der Waals surface area contributed by atoms with Gasteiger partial charge < -0.3 is 14.7 Å². The first-order chi connectivity index (χ1) is 15.5. The van der Waals surface area contributed by atoms with Crippen LogP contribution >= 0.6 is 0 Å². The highest BCUT2D eigenvalue weighted by Crippen LogP contribution is 2.29. The van der Waals surface area contributed by atoms with Gasteiger partial charge in [0.15, 0.2) is 6.04 Å². The lowest BCUT2D eigenvalue weighted by Gasteiger charge is -2.22. The predicted octanol–water partition coefficient (Wildman–Crippen LogP) is 3.45. The highest BCUT2D eigenvalue weighted by molar-refractivity contribution is 6.02. The van der Waals surface area contributed by atoms with E-state index in [1.54, 1.807) is 36.1 Å². The van der Waals surface area contributed by atoms with E-state index in [9.17, 15) is 14.4 Å². The number of rotatable bonds is 6. The Morgan fingerprint density at radius 3 is 2.44 bits per heavy atom. The number of esters is 1. The number of hydrogen-bond donors (Lipinski definition) is 1. The SMILES string of the molecule is CCOC(=O)C1CN(Cc2ccccc2)C(=O)N1c1ccc(-c2cnn(C(=O)O)c2)cc1. The van der Waals surface area contributed by atoms with Gasteiger partial charge in [0, 0.05) is 24.0 Å². The van der Waals surface area contributed by atoms with Crippen LogP contribution in [0.4, 0.5) is 15.3 Å². The number of carbonyl (C=O) groups is 3. The molecule has 2 amide bonds. The molecule has 2 heterocycles. The molecule has 164 valence electrons. The van der Waals surface area contributed by atoms with E-state index in [4.69, 9.17) is 9.84 Å². The quantitative estimate of drug-likeness (QED) is 0.596. The number of ether oxygens (including phenoxy) is 1. The van der Waals surface area contributed by atoms with Crippen LogP contribution in [0.5, 0.6) is 0 Å². The number of anilines is 1. The van der Waals surface area contributed by atoms with E-state index < -0.39 is 18.1 Å². The summed E-state index contributed by atoms with van der Waals surface area (Å²) >= 11 is 0. The standard InChI is InChI=1S/C23H22N4O5/c1-2-32-21(28)20-15-25(13-16-6-4-3-5-7-16)22(29)27(20)19-10-8-17(9-11-19)18-12-24-26(14-18)23(30)31/h3-12,14,20H,2,13,15H2,1H3,(H,30,31). The molecule has 1 aromatic heterocycles. The Morgan fingerprint density at radius 2 is 1.81 bits per heavy atom. The molecule has 0 saturated carbocycles.